The maximum atomic E-state index is 11.5. The van der Waals surface area contributed by atoms with Crippen molar-refractivity contribution in [3.63, 3.8) is 0 Å². The van der Waals surface area contributed by atoms with E-state index in [0.29, 0.717) is 0 Å². The Morgan fingerprint density at radius 2 is 2.33 bits per heavy atom. The quantitative estimate of drug-likeness (QED) is 0.532. The number of hydrogen-bond acceptors (Lipinski definition) is 7. The lowest BCUT2D eigenvalue weighted by atomic mass is 10.4. The van der Waals surface area contributed by atoms with Gasteiger partial charge in [0.15, 0.2) is 0 Å². The first-order chi connectivity index (χ1) is 8.40. The number of nitrogens with two attached hydrogens (primary N) is 1. The highest BCUT2D eigenvalue weighted by atomic mass is 32.7. The Bertz CT molecular complexity index is 442. The van der Waals surface area contributed by atoms with Crippen molar-refractivity contribution in [1.29, 1.82) is 0 Å². The van der Waals surface area contributed by atoms with Crippen LogP contribution in [0.4, 0.5) is 5.82 Å². The Labute approximate surface area is 111 Å². The van der Waals surface area contributed by atoms with Crippen LogP contribution in [0.1, 0.15) is 20.1 Å². The van der Waals surface area contributed by atoms with Gasteiger partial charge in [-0.15, -0.1) is 0 Å². The highest BCUT2D eigenvalue weighted by Crippen LogP contribution is 2.36. The summed E-state index contributed by atoms with van der Waals surface area (Å²) in [4.78, 5) is 24.0. The molecular weight excluding hydrogens is 277 g/mol. The lowest BCUT2D eigenvalue weighted by molar-refractivity contribution is -0.0530. The minimum atomic E-state index is -1.71. The molecule has 1 rings (SSSR count). The van der Waals surface area contributed by atoms with Crippen molar-refractivity contribution < 1.29 is 14.2 Å². The number of thiol groups is 1. The second-order valence-electron chi connectivity index (χ2n) is 3.64. The van der Waals surface area contributed by atoms with Crippen LogP contribution in [0.3, 0.4) is 0 Å². The van der Waals surface area contributed by atoms with Crippen molar-refractivity contribution in [3.8, 4) is 0 Å². The summed E-state index contributed by atoms with van der Waals surface area (Å²) in [6.45, 7) is 3.66. The Morgan fingerprint density at radius 1 is 1.67 bits per heavy atom. The van der Waals surface area contributed by atoms with Crippen LogP contribution in [0.5, 0.6) is 0 Å². The zero-order valence-corrected chi connectivity index (χ0v) is 11.8. The summed E-state index contributed by atoms with van der Waals surface area (Å²) in [5, 5.41) is 0. The van der Waals surface area contributed by atoms with Crippen LogP contribution in [0.25, 0.3) is 0 Å². The summed E-state index contributed by atoms with van der Waals surface area (Å²) in [6, 6.07) is 1.52. The maximum Gasteiger partial charge on any atom is 0.351 e. The van der Waals surface area contributed by atoms with Gasteiger partial charge in [0.2, 0.25) is 7.58 Å². The zero-order valence-electron chi connectivity index (χ0n) is 10.1. The van der Waals surface area contributed by atoms with Crippen LogP contribution in [0.15, 0.2) is 17.1 Å². The highest BCUT2D eigenvalue weighted by Gasteiger charge is 2.13. The fraction of sp³-hybridized carbons (Fsp3) is 0.556. The third-order valence-corrected chi connectivity index (χ3v) is 2.82. The normalized spacial score (nSPS) is 16.2. The number of hydrogen-bond donors (Lipinski definition) is 3. The van der Waals surface area contributed by atoms with Gasteiger partial charge in [-0.2, -0.15) is 4.98 Å². The predicted octanol–water partition coefficient (Wildman–Crippen LogP) is 0.915. The van der Waals surface area contributed by atoms with E-state index in [-0.39, 0.29) is 18.5 Å². The topological polar surface area (TPSA) is 99.6 Å². The number of ether oxygens (including phenoxy) is 1. The molecule has 0 aliphatic carbocycles. The first kappa shape index (κ1) is 15.4. The maximum absolute atomic E-state index is 11.5. The molecule has 1 aromatic heterocycles. The average molecular weight is 293 g/mol. The van der Waals surface area contributed by atoms with Gasteiger partial charge in [0.25, 0.3) is 0 Å². The number of nitrogens with zero attached hydrogens (tertiary/aromatic N) is 2. The summed E-state index contributed by atoms with van der Waals surface area (Å²) in [5.74, 6) is 0.167. The molecule has 0 aliphatic heterocycles. The minimum Gasteiger partial charge on any atom is -0.383 e. The second kappa shape index (κ2) is 7.06. The second-order valence-corrected chi connectivity index (χ2v) is 5.43. The number of nitrogen functional groups attached to an aromatic ring is 1. The van der Waals surface area contributed by atoms with Crippen LogP contribution in [0.2, 0.25) is 0 Å². The van der Waals surface area contributed by atoms with E-state index in [1.54, 1.807) is 13.8 Å². The van der Waals surface area contributed by atoms with Gasteiger partial charge in [0.1, 0.15) is 12.0 Å². The van der Waals surface area contributed by atoms with Gasteiger partial charge in [-0.3, -0.25) is 4.57 Å². The van der Waals surface area contributed by atoms with E-state index in [2.05, 4.69) is 17.2 Å². The molecule has 0 saturated carbocycles. The molecule has 0 aliphatic rings. The molecule has 3 N–H and O–H groups in total. The molecule has 3 unspecified atom stereocenters. The van der Waals surface area contributed by atoms with Gasteiger partial charge >= 0.3 is 5.69 Å². The average Bonchev–Trinajstić information content (AvgIpc) is 2.26. The first-order valence-corrected chi connectivity index (χ1v) is 7.57. The monoisotopic (exact) mass is 293 g/mol. The van der Waals surface area contributed by atoms with Crippen molar-refractivity contribution in [1.82, 2.24) is 9.55 Å². The van der Waals surface area contributed by atoms with Gasteiger partial charge in [0.05, 0.1) is 12.7 Å². The third-order valence-electron chi connectivity index (χ3n) is 2.10. The molecule has 7 nitrogen and oxygen atoms in total. The first-order valence-electron chi connectivity index (χ1n) is 5.21. The van der Waals surface area contributed by atoms with Crippen molar-refractivity contribution >= 4 is 25.6 Å². The van der Waals surface area contributed by atoms with Crippen LogP contribution < -0.4 is 11.4 Å². The van der Waals surface area contributed by atoms with Crippen molar-refractivity contribution in [2.24, 2.45) is 0 Å². The smallest absolute Gasteiger partial charge is 0.351 e. The van der Waals surface area contributed by atoms with Crippen molar-refractivity contribution in [3.05, 3.63) is 22.7 Å². The third kappa shape index (κ3) is 4.91. The molecule has 3 atom stereocenters. The van der Waals surface area contributed by atoms with Crippen LogP contribution >= 0.6 is 19.8 Å². The lowest BCUT2D eigenvalue weighted by Gasteiger charge is -2.20. The summed E-state index contributed by atoms with van der Waals surface area (Å²) in [5.41, 5.74) is 4.91. The molecule has 102 valence electrons. The fourth-order valence-electron chi connectivity index (χ4n) is 1.32. The Kier molecular flexibility index (Phi) is 6.04. The molecule has 1 heterocycles. The molecule has 0 spiro atoms. The SMILES string of the molecule is CC(COP(O)S)OC(C)n1ccc(N)nc1=O. The zero-order chi connectivity index (χ0) is 13.7. The Morgan fingerprint density at radius 3 is 2.89 bits per heavy atom. The predicted molar refractivity (Wildman–Crippen MR) is 72.2 cm³/mol. The van der Waals surface area contributed by atoms with Crippen LogP contribution in [0, 0.1) is 0 Å². The van der Waals surface area contributed by atoms with Crippen LogP contribution in [-0.2, 0) is 9.26 Å². The van der Waals surface area contributed by atoms with Crippen molar-refractivity contribution in [2.75, 3.05) is 12.3 Å². The minimum absolute atomic E-state index is 0.167. The Balaban J connectivity index is 2.59. The molecular formula is C9H16N3O4PS. The fourth-order valence-corrected chi connectivity index (χ4v) is 1.86. The van der Waals surface area contributed by atoms with E-state index in [1.807, 2.05) is 0 Å². The summed E-state index contributed by atoms with van der Waals surface area (Å²) >= 11 is 3.72. The molecule has 9 heteroatoms. The summed E-state index contributed by atoms with van der Waals surface area (Å²) in [6.07, 6.45) is 0.711. The Hall–Kier alpha value is -0.660. The largest absolute Gasteiger partial charge is 0.383 e. The molecule has 0 aromatic carbocycles. The lowest BCUT2D eigenvalue weighted by Crippen LogP contribution is -2.29. The van der Waals surface area contributed by atoms with Crippen molar-refractivity contribution in [2.45, 2.75) is 26.2 Å². The molecule has 0 amide bonds. The van der Waals surface area contributed by atoms with Gasteiger partial charge in [0, 0.05) is 6.20 Å². The van der Waals surface area contributed by atoms with E-state index in [4.69, 9.17) is 19.9 Å². The molecule has 0 radical (unpaired) electrons. The van der Waals surface area contributed by atoms with E-state index in [0.717, 1.165) is 0 Å². The van der Waals surface area contributed by atoms with E-state index >= 15 is 0 Å². The molecule has 1 aromatic rings. The van der Waals surface area contributed by atoms with Gasteiger partial charge in [-0.1, -0.05) is 12.2 Å². The summed E-state index contributed by atoms with van der Waals surface area (Å²) < 4.78 is 11.8. The molecule has 18 heavy (non-hydrogen) atoms. The summed E-state index contributed by atoms with van der Waals surface area (Å²) in [7, 11) is -1.71. The van der Waals surface area contributed by atoms with Gasteiger partial charge < -0.3 is 19.9 Å². The van der Waals surface area contributed by atoms with E-state index in [1.165, 1.54) is 16.8 Å². The van der Waals surface area contributed by atoms with E-state index in [9.17, 15) is 4.79 Å². The molecule has 0 bridgehead atoms. The standard InChI is InChI=1S/C9H16N3O4PS/c1-6(5-15-17(14)18)16-7(2)12-4-3-8(10)11-9(12)13/h3-4,6-7,14,18H,5H2,1-2H3,(H2,10,11,13). The number of anilines is 1. The highest BCUT2D eigenvalue weighted by molar-refractivity contribution is 8.41. The van der Waals surface area contributed by atoms with Gasteiger partial charge in [-0.25, -0.2) is 4.79 Å². The molecule has 0 fully saturated rings. The van der Waals surface area contributed by atoms with Crippen LogP contribution in [-0.4, -0.2) is 27.2 Å². The van der Waals surface area contributed by atoms with E-state index < -0.39 is 19.5 Å². The van der Waals surface area contributed by atoms with Gasteiger partial charge in [-0.05, 0) is 19.9 Å². The number of aromatic nitrogens is 2. The number of rotatable bonds is 6. The molecule has 0 saturated heterocycles.